The molecular weight excluding hydrogens is 274 g/mol. The van der Waals surface area contributed by atoms with Crippen molar-refractivity contribution in [3.63, 3.8) is 0 Å². The molecule has 0 amide bonds. The summed E-state index contributed by atoms with van der Waals surface area (Å²) in [6, 6.07) is 2.80. The van der Waals surface area contributed by atoms with Crippen molar-refractivity contribution in [2.24, 2.45) is 11.8 Å². The van der Waals surface area contributed by atoms with E-state index in [1.165, 1.54) is 32.1 Å². The predicted octanol–water partition coefficient (Wildman–Crippen LogP) is 5.20. The normalized spacial score (nSPS) is 21.2. The maximum Gasteiger partial charge on any atom is 0.204 e. The zero-order valence-corrected chi connectivity index (χ0v) is 13.4. The van der Waals surface area contributed by atoms with Crippen LogP contribution in [0, 0.1) is 23.5 Å². The largest absolute Gasteiger partial charge is 0.494 e. The Morgan fingerprint density at radius 1 is 1.00 bits per heavy atom. The van der Waals surface area contributed by atoms with Crippen molar-refractivity contribution in [1.29, 1.82) is 0 Å². The molecule has 0 aliphatic heterocycles. The molecule has 1 saturated carbocycles. The summed E-state index contributed by atoms with van der Waals surface area (Å²) in [4.78, 5) is 0. The highest BCUT2D eigenvalue weighted by molar-refractivity contribution is 5.34. The van der Waals surface area contributed by atoms with E-state index in [9.17, 15) is 8.78 Å². The van der Waals surface area contributed by atoms with Gasteiger partial charge in [-0.05, 0) is 36.8 Å². The van der Waals surface area contributed by atoms with E-state index < -0.39 is 11.6 Å². The number of methoxy groups -OCH3 is 1. The van der Waals surface area contributed by atoms with Gasteiger partial charge in [0.05, 0.1) is 13.7 Å². The van der Waals surface area contributed by atoms with Gasteiger partial charge < -0.3 is 9.47 Å². The Hall–Kier alpha value is -1.32. The van der Waals surface area contributed by atoms with Crippen LogP contribution in [-0.4, -0.2) is 13.7 Å². The summed E-state index contributed by atoms with van der Waals surface area (Å²) in [6.45, 7) is 6.70. The van der Waals surface area contributed by atoms with Crippen LogP contribution in [0.2, 0.25) is 0 Å². The fraction of sp³-hybridized carbons (Fsp3) is 0.647. The smallest absolute Gasteiger partial charge is 0.204 e. The number of hydrogen-bond acceptors (Lipinski definition) is 2. The number of benzene rings is 1. The average Bonchev–Trinajstić information content (AvgIpc) is 2.52. The number of halogens is 2. The molecule has 0 radical (unpaired) electrons. The second-order valence-electron chi connectivity index (χ2n) is 5.33. The monoisotopic (exact) mass is 300 g/mol. The van der Waals surface area contributed by atoms with E-state index in [0.717, 1.165) is 18.8 Å². The standard InChI is InChI=1S/C15H20F2O2.C2H6/c1-10-3-5-11(6-4-10)9-19-13-8-7-12(18-2)14(16)15(13)17;1-2/h7-8,10-11H,3-6,9H2,1-2H3;1-2H3. The lowest BCUT2D eigenvalue weighted by Crippen LogP contribution is -2.19. The molecule has 0 atom stereocenters. The first-order valence-corrected chi connectivity index (χ1v) is 7.76. The van der Waals surface area contributed by atoms with E-state index in [-0.39, 0.29) is 11.5 Å². The third-order valence-electron chi connectivity index (χ3n) is 3.84. The molecule has 2 nitrogen and oxygen atoms in total. The molecule has 4 heteroatoms. The summed E-state index contributed by atoms with van der Waals surface area (Å²) in [6.07, 6.45) is 4.57. The average molecular weight is 300 g/mol. The van der Waals surface area contributed by atoms with Crippen molar-refractivity contribution >= 4 is 0 Å². The lowest BCUT2D eigenvalue weighted by Gasteiger charge is -2.26. The molecule has 1 aliphatic rings. The van der Waals surface area contributed by atoms with Crippen molar-refractivity contribution in [3.8, 4) is 11.5 Å². The molecule has 0 heterocycles. The van der Waals surface area contributed by atoms with Gasteiger partial charge in [-0.1, -0.05) is 33.6 Å². The topological polar surface area (TPSA) is 18.5 Å². The van der Waals surface area contributed by atoms with E-state index in [1.54, 1.807) is 0 Å². The van der Waals surface area contributed by atoms with Gasteiger partial charge in [-0.2, -0.15) is 8.78 Å². The maximum atomic E-state index is 13.7. The van der Waals surface area contributed by atoms with Crippen LogP contribution in [0.5, 0.6) is 11.5 Å². The highest BCUT2D eigenvalue weighted by Crippen LogP contribution is 2.31. The SMILES string of the molecule is CC.COc1ccc(OCC2CCC(C)CC2)c(F)c1F. The minimum absolute atomic E-state index is 0.0306. The van der Waals surface area contributed by atoms with E-state index in [2.05, 4.69) is 6.92 Å². The Morgan fingerprint density at radius 3 is 2.10 bits per heavy atom. The van der Waals surface area contributed by atoms with Crippen LogP contribution in [-0.2, 0) is 0 Å². The first-order chi connectivity index (χ1) is 10.1. The van der Waals surface area contributed by atoms with Crippen LogP contribution in [0.3, 0.4) is 0 Å². The van der Waals surface area contributed by atoms with Gasteiger partial charge in [0, 0.05) is 0 Å². The quantitative estimate of drug-likeness (QED) is 0.760. The zero-order valence-electron chi connectivity index (χ0n) is 13.4. The van der Waals surface area contributed by atoms with Crippen LogP contribution in [0.25, 0.3) is 0 Å². The molecule has 1 aliphatic carbocycles. The second kappa shape index (κ2) is 8.85. The molecule has 0 unspecified atom stereocenters. The molecule has 1 fully saturated rings. The van der Waals surface area contributed by atoms with Gasteiger partial charge >= 0.3 is 0 Å². The third kappa shape index (κ3) is 4.87. The van der Waals surface area contributed by atoms with Gasteiger partial charge in [0.15, 0.2) is 11.5 Å². The molecule has 0 bridgehead atoms. The fourth-order valence-corrected chi connectivity index (χ4v) is 2.49. The third-order valence-corrected chi connectivity index (χ3v) is 3.84. The van der Waals surface area contributed by atoms with E-state index in [1.807, 2.05) is 13.8 Å². The van der Waals surface area contributed by atoms with Gasteiger partial charge in [0.25, 0.3) is 0 Å². The van der Waals surface area contributed by atoms with E-state index in [0.29, 0.717) is 12.5 Å². The molecule has 0 N–H and O–H groups in total. The number of ether oxygens (including phenoxy) is 2. The second-order valence-corrected chi connectivity index (χ2v) is 5.33. The first-order valence-electron chi connectivity index (χ1n) is 7.76. The van der Waals surface area contributed by atoms with Crippen molar-refractivity contribution in [2.45, 2.75) is 46.5 Å². The highest BCUT2D eigenvalue weighted by atomic mass is 19.2. The molecule has 120 valence electrons. The molecule has 0 aromatic heterocycles. The molecule has 0 saturated heterocycles. The van der Waals surface area contributed by atoms with Gasteiger partial charge in [-0.15, -0.1) is 0 Å². The summed E-state index contributed by atoms with van der Waals surface area (Å²) in [7, 11) is 1.31. The minimum Gasteiger partial charge on any atom is -0.494 e. The van der Waals surface area contributed by atoms with Crippen molar-refractivity contribution in [1.82, 2.24) is 0 Å². The van der Waals surface area contributed by atoms with Crippen molar-refractivity contribution < 1.29 is 18.3 Å². The van der Waals surface area contributed by atoms with Crippen molar-refractivity contribution in [2.75, 3.05) is 13.7 Å². The summed E-state index contributed by atoms with van der Waals surface area (Å²) in [5.74, 6) is -0.874. The molecule has 2 rings (SSSR count). The fourth-order valence-electron chi connectivity index (χ4n) is 2.49. The minimum atomic E-state index is -0.989. The van der Waals surface area contributed by atoms with Crippen LogP contribution in [0.4, 0.5) is 8.78 Å². The Kier molecular flexibility index (Phi) is 7.48. The number of hydrogen-bond donors (Lipinski definition) is 0. The molecular formula is C17H26F2O2. The predicted molar refractivity (Wildman–Crippen MR) is 80.9 cm³/mol. The Balaban J connectivity index is 0.00000106. The molecule has 0 spiro atoms. The van der Waals surface area contributed by atoms with Gasteiger partial charge in [0.2, 0.25) is 11.6 Å². The summed E-state index contributed by atoms with van der Waals surface area (Å²) < 4.78 is 37.3. The lowest BCUT2D eigenvalue weighted by atomic mass is 9.83. The Bertz CT molecular complexity index is 427. The van der Waals surface area contributed by atoms with Crippen LogP contribution in [0.15, 0.2) is 12.1 Å². The number of rotatable bonds is 4. The summed E-state index contributed by atoms with van der Waals surface area (Å²) in [5, 5.41) is 0. The first kappa shape index (κ1) is 17.7. The Labute approximate surface area is 126 Å². The van der Waals surface area contributed by atoms with Crippen LogP contribution >= 0.6 is 0 Å². The summed E-state index contributed by atoms with van der Waals surface area (Å²) in [5.41, 5.74) is 0. The van der Waals surface area contributed by atoms with E-state index in [4.69, 9.17) is 9.47 Å². The maximum absolute atomic E-state index is 13.7. The van der Waals surface area contributed by atoms with Gasteiger partial charge in [-0.3, -0.25) is 0 Å². The zero-order chi connectivity index (χ0) is 15.8. The van der Waals surface area contributed by atoms with Crippen LogP contribution < -0.4 is 9.47 Å². The lowest BCUT2D eigenvalue weighted by molar-refractivity contribution is 0.181. The van der Waals surface area contributed by atoms with Crippen molar-refractivity contribution in [3.05, 3.63) is 23.8 Å². The van der Waals surface area contributed by atoms with E-state index >= 15 is 0 Å². The van der Waals surface area contributed by atoms with Gasteiger partial charge in [0.1, 0.15) is 0 Å². The summed E-state index contributed by atoms with van der Waals surface area (Å²) >= 11 is 0. The highest BCUT2D eigenvalue weighted by Gasteiger charge is 2.20. The molecule has 21 heavy (non-hydrogen) atoms. The Morgan fingerprint density at radius 2 is 1.52 bits per heavy atom. The van der Waals surface area contributed by atoms with Crippen LogP contribution in [0.1, 0.15) is 46.5 Å². The van der Waals surface area contributed by atoms with Gasteiger partial charge in [-0.25, -0.2) is 0 Å². The molecule has 1 aromatic carbocycles. The molecule has 1 aromatic rings.